The van der Waals surface area contributed by atoms with Crippen molar-refractivity contribution in [2.24, 2.45) is 0 Å². The Bertz CT molecular complexity index is 2020. The third-order valence-corrected chi connectivity index (χ3v) is 16.4. The fraction of sp³-hybridized carbons (Fsp3) is 0. The van der Waals surface area contributed by atoms with Crippen molar-refractivity contribution in [3.8, 4) is 30.4 Å². The van der Waals surface area contributed by atoms with Crippen molar-refractivity contribution in [2.75, 3.05) is 0 Å². The molecule has 0 nitrogen and oxygen atoms in total. The summed E-state index contributed by atoms with van der Waals surface area (Å²) in [5.41, 5.74) is 4.12. The molecule has 0 aliphatic carbocycles. The first-order chi connectivity index (χ1) is 17.8. The van der Waals surface area contributed by atoms with E-state index in [0.29, 0.717) is 43.5 Å². The number of thiophene rings is 1. The molecule has 0 fully saturated rings. The second-order valence-electron chi connectivity index (χ2n) is 8.92. The molecule has 0 spiro atoms. The summed E-state index contributed by atoms with van der Waals surface area (Å²) in [6.07, 6.45) is 0. The molecular weight excluding hydrogens is 653 g/mol. The van der Waals surface area contributed by atoms with Crippen LogP contribution in [0.2, 0.25) is 0 Å². The summed E-state index contributed by atoms with van der Waals surface area (Å²) in [5.74, 6) is 0. The van der Waals surface area contributed by atoms with Gasteiger partial charge >= 0.3 is 232 Å². The predicted octanol–water partition coefficient (Wildman–Crippen LogP) is 8.53. The maximum atomic E-state index is 2.55. The molecule has 170 valence electrons. The molecule has 0 radical (unpaired) electrons. The van der Waals surface area contributed by atoms with Crippen molar-refractivity contribution < 1.29 is 0 Å². The maximum absolute atomic E-state index is 2.55. The molecule has 0 saturated heterocycles. The summed E-state index contributed by atoms with van der Waals surface area (Å²) < 4.78 is 11.1. The van der Waals surface area contributed by atoms with Gasteiger partial charge in [-0.15, -0.1) is 0 Å². The first-order valence-electron chi connectivity index (χ1n) is 11.8. The number of hydrogen-bond donors (Lipinski definition) is 0. The zero-order valence-electron chi connectivity index (χ0n) is 19.0. The monoisotopic (exact) mass is 674 g/mol. The number of rotatable bonds is 3. The Kier molecular flexibility index (Phi) is 5.17. The molecule has 0 aliphatic heterocycles. The molecule has 0 saturated carbocycles. The van der Waals surface area contributed by atoms with Crippen LogP contribution in [0.3, 0.4) is 0 Å². The van der Waals surface area contributed by atoms with Gasteiger partial charge in [-0.3, -0.25) is 0 Å². The van der Waals surface area contributed by atoms with Crippen molar-refractivity contribution in [3.63, 3.8) is 0 Å². The molecule has 36 heavy (non-hydrogen) atoms. The SMILES string of the molecule is c1ccc(-c2cc3[se]c4c5cc(-c6ccccc6)[se]c5c5[se]c(-c6ccccc6)cc5c4c3s2)cc1. The van der Waals surface area contributed by atoms with Crippen LogP contribution in [0.4, 0.5) is 0 Å². The third kappa shape index (κ3) is 3.38. The number of hydrogen-bond acceptors (Lipinski definition) is 1. The van der Waals surface area contributed by atoms with E-state index < -0.39 is 0 Å². The molecule has 4 heteroatoms. The van der Waals surface area contributed by atoms with Crippen molar-refractivity contribution in [1.29, 1.82) is 0 Å². The molecule has 0 atom stereocenters. The summed E-state index contributed by atoms with van der Waals surface area (Å²) in [5, 5.41) is 4.66. The Morgan fingerprint density at radius 3 is 1.61 bits per heavy atom. The van der Waals surface area contributed by atoms with Gasteiger partial charge in [-0.1, -0.05) is 0 Å². The zero-order chi connectivity index (χ0) is 23.6. The Labute approximate surface area is 230 Å². The van der Waals surface area contributed by atoms with E-state index in [-0.39, 0.29) is 0 Å². The fourth-order valence-corrected chi connectivity index (χ4v) is 15.4. The van der Waals surface area contributed by atoms with Crippen molar-refractivity contribution in [2.45, 2.75) is 0 Å². The minimum absolute atomic E-state index is 0.340. The normalized spacial score (nSPS) is 11.9. The Balaban J connectivity index is 1.48. The Morgan fingerprint density at radius 2 is 1.00 bits per heavy atom. The van der Waals surface area contributed by atoms with Crippen LogP contribution in [0.15, 0.2) is 109 Å². The molecule has 4 aromatic heterocycles. The van der Waals surface area contributed by atoms with E-state index in [9.17, 15) is 0 Å². The molecule has 0 bridgehead atoms. The molecule has 8 aromatic rings. The van der Waals surface area contributed by atoms with Gasteiger partial charge < -0.3 is 0 Å². The molecule has 0 N–H and O–H groups in total. The van der Waals surface area contributed by atoms with Gasteiger partial charge in [0.15, 0.2) is 0 Å². The Morgan fingerprint density at radius 1 is 0.472 bits per heavy atom. The van der Waals surface area contributed by atoms with Gasteiger partial charge in [0.25, 0.3) is 0 Å². The van der Waals surface area contributed by atoms with E-state index in [0.717, 1.165) is 0 Å². The van der Waals surface area contributed by atoms with Gasteiger partial charge in [0.2, 0.25) is 0 Å². The summed E-state index contributed by atoms with van der Waals surface area (Å²) in [6, 6.07) is 40.6. The van der Waals surface area contributed by atoms with E-state index >= 15 is 0 Å². The van der Waals surface area contributed by atoms with Gasteiger partial charge in [-0.25, -0.2) is 0 Å². The van der Waals surface area contributed by atoms with E-state index in [2.05, 4.69) is 109 Å². The van der Waals surface area contributed by atoms with Crippen LogP contribution < -0.4 is 0 Å². The molecule has 4 aromatic carbocycles. The Hall–Kier alpha value is -2.38. The van der Waals surface area contributed by atoms with Crippen LogP contribution in [0.25, 0.3) is 68.3 Å². The standard InChI is InChI=1S/C32H18SSe3/c1-4-10-19(11-5-1)24-18-27-29(33-24)28-22-16-25(20-12-6-2-7-13-20)34-31(22)32-23(30(28)36-27)17-26(35-32)21-14-8-3-9-15-21/h1-18H. The van der Waals surface area contributed by atoms with Gasteiger partial charge in [0, 0.05) is 0 Å². The summed E-state index contributed by atoms with van der Waals surface area (Å²) in [4.78, 5) is 1.41. The van der Waals surface area contributed by atoms with E-state index in [1.807, 2.05) is 11.3 Å². The van der Waals surface area contributed by atoms with Crippen molar-refractivity contribution in [1.82, 2.24) is 0 Å². The molecule has 0 amide bonds. The van der Waals surface area contributed by atoms with Crippen LogP contribution in [0.5, 0.6) is 0 Å². The average molecular weight is 671 g/mol. The van der Waals surface area contributed by atoms with Gasteiger partial charge in [-0.05, 0) is 0 Å². The van der Waals surface area contributed by atoms with Crippen LogP contribution in [0.1, 0.15) is 0 Å². The molecule has 8 rings (SSSR count). The molecule has 4 heterocycles. The van der Waals surface area contributed by atoms with Crippen LogP contribution in [0, 0.1) is 0 Å². The van der Waals surface area contributed by atoms with Crippen molar-refractivity contribution >= 4 is 92.7 Å². The molecule has 0 aliphatic rings. The van der Waals surface area contributed by atoms with Crippen LogP contribution in [-0.2, 0) is 0 Å². The quantitative estimate of drug-likeness (QED) is 0.165. The van der Waals surface area contributed by atoms with Crippen LogP contribution >= 0.6 is 11.3 Å². The minimum atomic E-state index is 0.340. The van der Waals surface area contributed by atoms with E-state index in [1.165, 1.54) is 40.5 Å². The second kappa shape index (κ2) is 8.59. The topological polar surface area (TPSA) is 0 Å². The van der Waals surface area contributed by atoms with E-state index in [4.69, 9.17) is 0 Å². The van der Waals surface area contributed by atoms with Gasteiger partial charge in [-0.2, -0.15) is 0 Å². The summed E-state index contributed by atoms with van der Waals surface area (Å²) in [7, 11) is 0. The van der Waals surface area contributed by atoms with Gasteiger partial charge in [0.05, 0.1) is 0 Å². The molecule has 0 unspecified atom stereocenters. The summed E-state index contributed by atoms with van der Waals surface area (Å²) >= 11 is 3.05. The third-order valence-electron chi connectivity index (χ3n) is 6.72. The fourth-order valence-electron chi connectivity index (χ4n) is 5.03. The average Bonchev–Trinajstić information content (AvgIpc) is 3.71. The van der Waals surface area contributed by atoms with E-state index in [1.54, 1.807) is 27.8 Å². The first kappa shape index (κ1) is 21.7. The van der Waals surface area contributed by atoms with Crippen LogP contribution in [-0.4, -0.2) is 43.5 Å². The molecular formula is C32H18SSe3. The zero-order valence-corrected chi connectivity index (χ0v) is 25.0. The number of benzene rings is 4. The van der Waals surface area contributed by atoms with Crippen molar-refractivity contribution in [3.05, 3.63) is 109 Å². The summed E-state index contributed by atoms with van der Waals surface area (Å²) in [6.45, 7) is 0. The number of fused-ring (bicyclic) bond motifs is 8. The second-order valence-corrected chi connectivity index (χ2v) is 16.6. The first-order valence-corrected chi connectivity index (χ1v) is 17.8. The van der Waals surface area contributed by atoms with Gasteiger partial charge in [0.1, 0.15) is 0 Å². The predicted molar refractivity (Wildman–Crippen MR) is 161 cm³/mol.